The molecule has 0 saturated heterocycles. The predicted octanol–water partition coefficient (Wildman–Crippen LogP) is 1.65. The summed E-state index contributed by atoms with van der Waals surface area (Å²) in [6.07, 6.45) is 1.73. The second-order valence-corrected chi connectivity index (χ2v) is 5.10. The minimum atomic E-state index is -0.832. The quantitative estimate of drug-likeness (QED) is 0.821. The lowest BCUT2D eigenvalue weighted by Gasteiger charge is -2.19. The molecule has 1 heterocycles. The highest BCUT2D eigenvalue weighted by Crippen LogP contribution is 2.26. The molecule has 0 aliphatic rings. The molecular weight excluding hydrogens is 264 g/mol. The van der Waals surface area contributed by atoms with Crippen molar-refractivity contribution in [3.05, 3.63) is 22.8 Å². The fraction of sp³-hybridized carbons (Fsp3) is 0.444. The molecule has 1 atom stereocenters. The van der Waals surface area contributed by atoms with Crippen LogP contribution in [0.4, 0.5) is 0 Å². The summed E-state index contributed by atoms with van der Waals surface area (Å²) in [5.41, 5.74) is 4.58. The molecule has 0 fully saturated rings. The number of aromatic nitrogens is 1. The van der Waals surface area contributed by atoms with Crippen LogP contribution in [0.5, 0.6) is 0 Å². The maximum absolute atomic E-state index is 9.69. The van der Waals surface area contributed by atoms with Gasteiger partial charge in [0.05, 0.1) is 5.60 Å². The summed E-state index contributed by atoms with van der Waals surface area (Å²) in [5.74, 6) is 0.541. The number of nitrogens with zero attached hydrogens (tertiary/aromatic N) is 1. The summed E-state index contributed by atoms with van der Waals surface area (Å²) in [6.45, 7) is 1.97. The number of rotatable bonds is 4. The number of aliphatic hydroxyl groups is 1. The number of halogens is 1. The van der Waals surface area contributed by atoms with Crippen LogP contribution in [0.2, 0.25) is 0 Å². The summed E-state index contributed by atoms with van der Waals surface area (Å²) in [7, 11) is 0. The minimum absolute atomic E-state index is 0.254. The smallest absolute Gasteiger partial charge is 0.110 e. The van der Waals surface area contributed by atoms with Crippen LogP contribution in [-0.2, 0) is 0 Å². The number of nitrogens with two attached hydrogens (primary N) is 1. The first-order chi connectivity index (χ1) is 6.55. The van der Waals surface area contributed by atoms with Crippen LogP contribution in [0.3, 0.4) is 0 Å². The molecule has 1 unspecified atom stereocenters. The van der Waals surface area contributed by atoms with Gasteiger partial charge in [0.1, 0.15) is 5.03 Å². The van der Waals surface area contributed by atoms with Crippen LogP contribution in [0.1, 0.15) is 6.92 Å². The molecule has 0 spiro atoms. The van der Waals surface area contributed by atoms with E-state index in [-0.39, 0.29) is 6.54 Å². The highest BCUT2D eigenvalue weighted by atomic mass is 79.9. The van der Waals surface area contributed by atoms with Crippen molar-refractivity contribution in [2.45, 2.75) is 17.6 Å². The lowest BCUT2D eigenvalue weighted by atomic mass is 10.1. The molecule has 1 rings (SSSR count). The molecule has 0 aliphatic heterocycles. The first kappa shape index (κ1) is 12.0. The molecule has 14 heavy (non-hydrogen) atoms. The topological polar surface area (TPSA) is 59.1 Å². The van der Waals surface area contributed by atoms with Crippen molar-refractivity contribution in [3.8, 4) is 0 Å². The molecule has 78 valence electrons. The van der Waals surface area contributed by atoms with Crippen molar-refractivity contribution in [2.75, 3.05) is 12.3 Å². The summed E-state index contributed by atoms with van der Waals surface area (Å²) >= 11 is 4.88. The summed E-state index contributed by atoms with van der Waals surface area (Å²) in [5, 5.41) is 10.6. The van der Waals surface area contributed by atoms with E-state index >= 15 is 0 Å². The lowest BCUT2D eigenvalue weighted by Crippen LogP contribution is -2.36. The first-order valence-electron chi connectivity index (χ1n) is 4.21. The Labute approximate surface area is 96.2 Å². The van der Waals surface area contributed by atoms with Crippen molar-refractivity contribution in [1.82, 2.24) is 4.98 Å². The number of hydrogen-bond donors (Lipinski definition) is 2. The Kier molecular flexibility index (Phi) is 4.37. The van der Waals surface area contributed by atoms with Gasteiger partial charge in [-0.15, -0.1) is 11.8 Å². The van der Waals surface area contributed by atoms with E-state index in [1.807, 2.05) is 12.1 Å². The monoisotopic (exact) mass is 276 g/mol. The van der Waals surface area contributed by atoms with Gasteiger partial charge in [-0.2, -0.15) is 0 Å². The Balaban J connectivity index is 2.58. The normalized spacial score (nSPS) is 15.1. The maximum Gasteiger partial charge on any atom is 0.110 e. The Bertz CT molecular complexity index is 307. The van der Waals surface area contributed by atoms with Crippen LogP contribution in [-0.4, -0.2) is 28.0 Å². The molecule has 0 bridgehead atoms. The molecule has 0 saturated carbocycles. The highest BCUT2D eigenvalue weighted by Gasteiger charge is 2.18. The minimum Gasteiger partial charge on any atom is -0.388 e. The van der Waals surface area contributed by atoms with Crippen LogP contribution < -0.4 is 5.73 Å². The zero-order chi connectivity index (χ0) is 10.6. The number of thioether (sulfide) groups is 1. The molecule has 0 aliphatic carbocycles. The van der Waals surface area contributed by atoms with Crippen LogP contribution in [0.15, 0.2) is 27.8 Å². The van der Waals surface area contributed by atoms with Gasteiger partial charge >= 0.3 is 0 Å². The Morgan fingerprint density at radius 3 is 3.00 bits per heavy atom. The Morgan fingerprint density at radius 1 is 1.71 bits per heavy atom. The van der Waals surface area contributed by atoms with Gasteiger partial charge in [-0.05, 0) is 35.0 Å². The summed E-state index contributed by atoms with van der Waals surface area (Å²) < 4.78 is 0.942. The molecule has 3 N–H and O–H groups in total. The molecular formula is C9H13BrN2OS. The highest BCUT2D eigenvalue weighted by molar-refractivity contribution is 9.10. The molecule has 3 nitrogen and oxygen atoms in total. The summed E-state index contributed by atoms with van der Waals surface area (Å²) in [6, 6.07) is 3.78. The van der Waals surface area contributed by atoms with Crippen LogP contribution in [0.25, 0.3) is 0 Å². The number of hydrogen-bond acceptors (Lipinski definition) is 4. The van der Waals surface area contributed by atoms with Crippen molar-refractivity contribution in [1.29, 1.82) is 0 Å². The summed E-state index contributed by atoms with van der Waals surface area (Å²) in [4.78, 5) is 4.18. The fourth-order valence-corrected chi connectivity index (χ4v) is 2.27. The molecule has 1 aromatic heterocycles. The van der Waals surface area contributed by atoms with Crippen molar-refractivity contribution < 1.29 is 5.11 Å². The fourth-order valence-electron chi connectivity index (χ4n) is 0.760. The van der Waals surface area contributed by atoms with E-state index < -0.39 is 5.60 Å². The van der Waals surface area contributed by atoms with Gasteiger partial charge in [0.15, 0.2) is 0 Å². The molecule has 0 aromatic carbocycles. The van der Waals surface area contributed by atoms with E-state index in [4.69, 9.17) is 5.73 Å². The Morgan fingerprint density at radius 2 is 2.43 bits per heavy atom. The average molecular weight is 277 g/mol. The predicted molar refractivity (Wildman–Crippen MR) is 62.3 cm³/mol. The first-order valence-corrected chi connectivity index (χ1v) is 5.99. The van der Waals surface area contributed by atoms with Gasteiger partial charge in [0.2, 0.25) is 0 Å². The molecule has 5 heteroatoms. The van der Waals surface area contributed by atoms with Crippen LogP contribution >= 0.6 is 27.7 Å². The van der Waals surface area contributed by atoms with Gasteiger partial charge in [0, 0.05) is 23.0 Å². The second-order valence-electron chi connectivity index (χ2n) is 3.28. The van der Waals surface area contributed by atoms with E-state index in [2.05, 4.69) is 20.9 Å². The van der Waals surface area contributed by atoms with Crippen molar-refractivity contribution >= 4 is 27.7 Å². The van der Waals surface area contributed by atoms with Gasteiger partial charge < -0.3 is 10.8 Å². The Hall–Kier alpha value is -0.100. The van der Waals surface area contributed by atoms with Crippen LogP contribution in [0, 0.1) is 0 Å². The van der Waals surface area contributed by atoms with Gasteiger partial charge in [-0.25, -0.2) is 4.98 Å². The molecule has 0 radical (unpaired) electrons. The van der Waals surface area contributed by atoms with Gasteiger partial charge in [0.25, 0.3) is 0 Å². The average Bonchev–Trinajstić information content (AvgIpc) is 2.17. The van der Waals surface area contributed by atoms with E-state index in [0.717, 1.165) is 9.50 Å². The van der Waals surface area contributed by atoms with Gasteiger partial charge in [-0.3, -0.25) is 0 Å². The maximum atomic E-state index is 9.69. The van der Waals surface area contributed by atoms with Gasteiger partial charge in [-0.1, -0.05) is 0 Å². The third kappa shape index (κ3) is 3.57. The third-order valence-corrected chi connectivity index (χ3v) is 3.95. The van der Waals surface area contributed by atoms with E-state index in [1.165, 1.54) is 11.8 Å². The number of pyridine rings is 1. The van der Waals surface area contributed by atoms with E-state index in [9.17, 15) is 5.11 Å². The zero-order valence-corrected chi connectivity index (χ0v) is 10.3. The third-order valence-electron chi connectivity index (χ3n) is 1.68. The standard InChI is InChI=1S/C9H13BrN2OS/c1-9(13,5-11)6-14-8-7(10)3-2-4-12-8/h2-4,13H,5-6,11H2,1H3. The second kappa shape index (κ2) is 5.11. The van der Waals surface area contributed by atoms with Crippen molar-refractivity contribution in [3.63, 3.8) is 0 Å². The SMILES string of the molecule is CC(O)(CN)CSc1ncccc1Br. The molecule has 0 amide bonds. The zero-order valence-electron chi connectivity index (χ0n) is 7.90. The van der Waals surface area contributed by atoms with E-state index in [1.54, 1.807) is 13.1 Å². The molecule has 1 aromatic rings. The largest absolute Gasteiger partial charge is 0.388 e. The van der Waals surface area contributed by atoms with Crippen molar-refractivity contribution in [2.24, 2.45) is 5.73 Å². The van der Waals surface area contributed by atoms with E-state index in [0.29, 0.717) is 5.75 Å². The lowest BCUT2D eigenvalue weighted by molar-refractivity contribution is 0.0949.